The average Bonchev–Trinajstić information content (AvgIpc) is 1.57. The van der Waals surface area contributed by atoms with E-state index in [1.807, 2.05) is 24.3 Å². The van der Waals surface area contributed by atoms with Crippen LogP contribution in [-0.4, -0.2) is 0 Å². The molecule has 8 heteroatoms. The van der Waals surface area contributed by atoms with Crippen LogP contribution in [0, 0.1) is 0 Å². The van der Waals surface area contributed by atoms with Crippen molar-refractivity contribution in [3.8, 4) is 55.6 Å². The standard InChI is InChI=1S/C112H64N2O6/c1-2-12-65(13-3-1)67-28-39-81(40-29-67)113(85-47-36-77-59-96-105(63-79(77)54-85)116-101-53-52-100-107(108(96)101)95-58-73-15-5-7-17-75(73)62-104(95)115-100)84-45-34-71(35-46-84)88-20-11-22-91-93-57-76(38-50-99(93)119-111(88)91)69-26-24-66(25-27-69)68-30-41-82(42-31-68)114(83-43-32-70(33-44-83)87-19-10-21-90-89-18-8-9-23-98(89)118-110(87)90)86-48-37-78-60-97-106(64-80(78)55-86)117-102-51-49-92-94-56-72-14-4-6-16-74(72)61-103(94)120-112(92)109(97)102/h1-64H. The van der Waals surface area contributed by atoms with Crippen LogP contribution in [-0.2, 0) is 0 Å². The maximum absolute atomic E-state index is 6.88. The number of hydrogen-bond donors (Lipinski definition) is 0. The van der Waals surface area contributed by atoms with E-state index in [1.165, 1.54) is 16.3 Å². The summed E-state index contributed by atoms with van der Waals surface area (Å²) in [6, 6.07) is 139. The van der Waals surface area contributed by atoms with Crippen molar-refractivity contribution in [1.82, 2.24) is 0 Å². The molecule has 0 N–H and O–H groups in total. The lowest BCUT2D eigenvalue weighted by Crippen LogP contribution is -2.09. The number of fused-ring (bicyclic) bond motifs is 24. The van der Waals surface area contributed by atoms with E-state index in [9.17, 15) is 0 Å². The molecule has 6 heterocycles. The summed E-state index contributed by atoms with van der Waals surface area (Å²) in [4.78, 5) is 4.68. The SMILES string of the molecule is c1ccc(-c2ccc(N(c3ccc(-c4cccc5c4oc4ccc(-c6ccc(-c7ccc(N(c8ccc(-c9cccc%10c9oc9ccccc9%10)cc8)c8ccc9cc%10c(cc9c8)oc8ccc9c%11cc%12ccccc%12cc%11oc9c8%10)cc7)cc6)cc45)cc3)c3ccc4cc5c(cc4c3)oc3ccc4oc6cc7ccccc7cc6c4c35)cc2)cc1. The highest BCUT2D eigenvalue weighted by Crippen LogP contribution is 2.49. The van der Waals surface area contributed by atoms with Gasteiger partial charge in [0.05, 0.1) is 5.39 Å². The van der Waals surface area contributed by atoms with E-state index < -0.39 is 0 Å². The van der Waals surface area contributed by atoms with Gasteiger partial charge in [-0.15, -0.1) is 0 Å². The number of furan rings is 6. The van der Waals surface area contributed by atoms with E-state index >= 15 is 0 Å². The van der Waals surface area contributed by atoms with Crippen LogP contribution in [0.5, 0.6) is 0 Å². The monoisotopic (exact) mass is 1530 g/mol. The Balaban J connectivity index is 0.510. The molecule has 26 aromatic rings. The molecule has 0 spiro atoms. The van der Waals surface area contributed by atoms with E-state index in [1.54, 1.807) is 0 Å². The van der Waals surface area contributed by atoms with Crippen molar-refractivity contribution in [2.24, 2.45) is 0 Å². The smallest absolute Gasteiger partial charge is 0.147 e. The second-order valence-electron chi connectivity index (χ2n) is 31.8. The number of para-hydroxylation sites is 3. The molecular formula is C112H64N2O6. The molecule has 0 fully saturated rings. The minimum absolute atomic E-state index is 0.795. The largest absolute Gasteiger partial charge is 0.456 e. The Hall–Kier alpha value is -16.2. The van der Waals surface area contributed by atoms with Crippen LogP contribution >= 0.6 is 0 Å². The first-order chi connectivity index (χ1) is 59.4. The van der Waals surface area contributed by atoms with Crippen LogP contribution in [0.4, 0.5) is 34.1 Å². The van der Waals surface area contributed by atoms with Crippen LogP contribution in [0.1, 0.15) is 0 Å². The molecule has 0 aliphatic rings. The number of rotatable bonds is 11. The fourth-order valence-electron chi connectivity index (χ4n) is 19.1. The summed E-state index contributed by atoms with van der Waals surface area (Å²) in [5.41, 5.74) is 27.2. The second-order valence-corrected chi connectivity index (χ2v) is 31.8. The lowest BCUT2D eigenvalue weighted by atomic mass is 9.98. The summed E-state index contributed by atoms with van der Waals surface area (Å²) in [7, 11) is 0. The predicted molar refractivity (Wildman–Crippen MR) is 497 cm³/mol. The third-order valence-electron chi connectivity index (χ3n) is 25.0. The Morgan fingerprint density at radius 3 is 0.992 bits per heavy atom. The quantitative estimate of drug-likeness (QED) is 0.127. The molecule has 0 saturated heterocycles. The molecule has 0 unspecified atom stereocenters. The zero-order chi connectivity index (χ0) is 78.4. The molecule has 0 aliphatic carbocycles. The van der Waals surface area contributed by atoms with Crippen LogP contribution in [0.15, 0.2) is 415 Å². The maximum Gasteiger partial charge on any atom is 0.147 e. The van der Waals surface area contributed by atoms with Crippen molar-refractivity contribution in [2.75, 3.05) is 9.80 Å². The fraction of sp³-hybridized carbons (Fsp3) is 0. The summed E-state index contributed by atoms with van der Waals surface area (Å²) in [5, 5.41) is 21.8. The first-order valence-electron chi connectivity index (χ1n) is 40.7. The first kappa shape index (κ1) is 66.2. The van der Waals surface area contributed by atoms with Gasteiger partial charge in [-0.05, 0) is 251 Å². The van der Waals surface area contributed by atoms with Gasteiger partial charge >= 0.3 is 0 Å². The zero-order valence-corrected chi connectivity index (χ0v) is 64.3. The molecule has 0 amide bonds. The number of benzene rings is 20. The topological polar surface area (TPSA) is 85.3 Å². The van der Waals surface area contributed by atoms with E-state index in [0.29, 0.717) is 0 Å². The van der Waals surface area contributed by atoms with Gasteiger partial charge in [0, 0.05) is 104 Å². The van der Waals surface area contributed by atoms with E-state index in [2.05, 4.69) is 374 Å². The second kappa shape index (κ2) is 25.7. The van der Waals surface area contributed by atoms with Crippen LogP contribution in [0.2, 0.25) is 0 Å². The summed E-state index contributed by atoms with van der Waals surface area (Å²) in [6.45, 7) is 0. The minimum atomic E-state index is 0.795. The van der Waals surface area contributed by atoms with E-state index in [4.69, 9.17) is 26.5 Å². The molecule has 0 atom stereocenters. The zero-order valence-electron chi connectivity index (χ0n) is 64.3. The summed E-state index contributed by atoms with van der Waals surface area (Å²) in [6.07, 6.45) is 0. The first-order valence-corrected chi connectivity index (χ1v) is 40.7. The van der Waals surface area contributed by atoms with Crippen molar-refractivity contribution in [3.63, 3.8) is 0 Å². The van der Waals surface area contributed by atoms with Crippen molar-refractivity contribution in [3.05, 3.63) is 388 Å². The minimum Gasteiger partial charge on any atom is -0.456 e. The highest BCUT2D eigenvalue weighted by Gasteiger charge is 2.25. The van der Waals surface area contributed by atoms with Gasteiger partial charge in [0.25, 0.3) is 0 Å². The molecule has 558 valence electrons. The predicted octanol–water partition coefficient (Wildman–Crippen LogP) is 33.0. The summed E-state index contributed by atoms with van der Waals surface area (Å²) in [5.74, 6) is 0. The van der Waals surface area contributed by atoms with Crippen molar-refractivity contribution >= 4 is 209 Å². The molecule has 26 rings (SSSR count). The highest BCUT2D eigenvalue weighted by atomic mass is 16.4. The van der Waals surface area contributed by atoms with Crippen molar-refractivity contribution < 1.29 is 26.5 Å². The molecule has 20 aromatic carbocycles. The molecule has 120 heavy (non-hydrogen) atoms. The fourth-order valence-corrected chi connectivity index (χ4v) is 19.1. The Morgan fingerprint density at radius 2 is 0.467 bits per heavy atom. The van der Waals surface area contributed by atoms with Gasteiger partial charge in [-0.25, -0.2) is 0 Å². The van der Waals surface area contributed by atoms with Crippen LogP contribution in [0.3, 0.4) is 0 Å². The highest BCUT2D eigenvalue weighted by molar-refractivity contribution is 6.29. The number of hydrogen-bond acceptors (Lipinski definition) is 8. The van der Waals surface area contributed by atoms with E-state index in [-0.39, 0.29) is 0 Å². The molecule has 6 aromatic heterocycles. The van der Waals surface area contributed by atoms with Crippen molar-refractivity contribution in [1.29, 1.82) is 0 Å². The Morgan fingerprint density at radius 1 is 0.142 bits per heavy atom. The molecule has 0 saturated carbocycles. The van der Waals surface area contributed by atoms with Crippen LogP contribution in [0.25, 0.3) is 230 Å². The maximum atomic E-state index is 6.88. The van der Waals surface area contributed by atoms with Gasteiger partial charge < -0.3 is 36.3 Å². The summed E-state index contributed by atoms with van der Waals surface area (Å²) < 4.78 is 40.2. The van der Waals surface area contributed by atoms with Crippen LogP contribution < -0.4 is 9.80 Å². The third-order valence-corrected chi connectivity index (χ3v) is 25.0. The molecular weight excluding hydrogens is 1470 g/mol. The number of nitrogens with zero attached hydrogens (tertiary/aromatic N) is 2. The van der Waals surface area contributed by atoms with E-state index in [0.717, 1.165) is 248 Å². The average molecular weight is 1530 g/mol. The van der Waals surface area contributed by atoms with Gasteiger partial charge in [-0.1, -0.05) is 224 Å². The normalized spacial score (nSPS) is 12.2. The third kappa shape index (κ3) is 10.4. The Kier molecular flexibility index (Phi) is 14.2. The van der Waals surface area contributed by atoms with Crippen molar-refractivity contribution in [2.45, 2.75) is 0 Å². The molecule has 8 nitrogen and oxygen atoms in total. The lowest BCUT2D eigenvalue weighted by Gasteiger charge is -2.26. The Labute approximate surface area is 684 Å². The summed E-state index contributed by atoms with van der Waals surface area (Å²) >= 11 is 0. The molecule has 0 aliphatic heterocycles. The molecule has 0 bridgehead atoms. The Bertz CT molecular complexity index is 8760. The van der Waals surface area contributed by atoms with Gasteiger partial charge in [-0.2, -0.15) is 0 Å². The van der Waals surface area contributed by atoms with Gasteiger partial charge in [0.2, 0.25) is 0 Å². The number of anilines is 6. The van der Waals surface area contributed by atoms with Gasteiger partial charge in [-0.3, -0.25) is 0 Å². The van der Waals surface area contributed by atoms with Gasteiger partial charge in [0.1, 0.15) is 67.0 Å². The lowest BCUT2D eigenvalue weighted by molar-refractivity contribution is 0.663. The molecule has 0 radical (unpaired) electrons. The van der Waals surface area contributed by atoms with Gasteiger partial charge in [0.15, 0.2) is 0 Å².